The van der Waals surface area contributed by atoms with Crippen LogP contribution in [0.1, 0.15) is 31.9 Å². The average molecular weight is 784 g/mol. The number of hydrogen-bond donors (Lipinski definition) is 5. The standard InChI is InChI=1S/C40H49N9O8/c1-24(56-39(50)45-27-11-9-8-10-12-27)19-43-37-46-33-34(35(48-37)41-20-25-13-15-29(51-4)31(17-25)53-6)47-38(44-22-28-23-55-40(2,3)57-28)49-36(33)42-21-26-14-16-30(52-5)32(18-26)54-7/h8-18,24,28H,19-23H2,1-7H3,(H,45,50)(H2,41,43,46,48)(H2,42,44,47,49). The first-order valence-electron chi connectivity index (χ1n) is 18.4. The predicted molar refractivity (Wildman–Crippen MR) is 217 cm³/mol. The minimum atomic E-state index is -0.685. The first-order valence-corrected chi connectivity index (χ1v) is 18.4. The van der Waals surface area contributed by atoms with Crippen LogP contribution in [0.25, 0.3) is 11.0 Å². The summed E-state index contributed by atoms with van der Waals surface area (Å²) < 4.78 is 39.3. The molecule has 17 nitrogen and oxygen atoms in total. The van der Waals surface area contributed by atoms with E-state index in [2.05, 4.69) is 26.6 Å². The van der Waals surface area contributed by atoms with Crippen LogP contribution in [0.4, 0.5) is 34.0 Å². The van der Waals surface area contributed by atoms with Gasteiger partial charge in [0, 0.05) is 25.3 Å². The van der Waals surface area contributed by atoms with Crippen LogP contribution < -0.4 is 45.5 Å². The zero-order valence-corrected chi connectivity index (χ0v) is 33.1. The molecule has 57 heavy (non-hydrogen) atoms. The summed E-state index contributed by atoms with van der Waals surface area (Å²) in [5, 5.41) is 16.2. The van der Waals surface area contributed by atoms with E-state index < -0.39 is 18.0 Å². The van der Waals surface area contributed by atoms with Crippen molar-refractivity contribution in [3.63, 3.8) is 0 Å². The molecule has 2 unspecified atom stereocenters. The molecule has 1 saturated heterocycles. The second kappa shape index (κ2) is 18.5. The van der Waals surface area contributed by atoms with E-state index >= 15 is 0 Å². The van der Waals surface area contributed by atoms with E-state index in [0.717, 1.165) is 11.1 Å². The van der Waals surface area contributed by atoms with Gasteiger partial charge in [0.15, 0.2) is 40.4 Å². The highest BCUT2D eigenvalue weighted by molar-refractivity contribution is 5.94. The Kier molecular flexibility index (Phi) is 13.1. The summed E-state index contributed by atoms with van der Waals surface area (Å²) in [7, 11) is 6.37. The first-order chi connectivity index (χ1) is 27.6. The Morgan fingerprint density at radius 3 is 1.79 bits per heavy atom. The van der Waals surface area contributed by atoms with Gasteiger partial charge in [0.05, 0.1) is 41.6 Å². The normalized spacial score (nSPS) is 15.0. The predicted octanol–water partition coefficient (Wildman–Crippen LogP) is 6.29. The average Bonchev–Trinajstić information content (AvgIpc) is 3.58. The number of amides is 1. The monoisotopic (exact) mass is 783 g/mol. The third kappa shape index (κ3) is 10.7. The van der Waals surface area contributed by atoms with Gasteiger partial charge in [-0.15, -0.1) is 0 Å². The van der Waals surface area contributed by atoms with Gasteiger partial charge in [0.1, 0.15) is 23.2 Å². The van der Waals surface area contributed by atoms with Crippen molar-refractivity contribution in [3.05, 3.63) is 77.9 Å². The molecule has 5 N–H and O–H groups in total. The molecule has 0 aliphatic carbocycles. The lowest BCUT2D eigenvalue weighted by Crippen LogP contribution is -2.27. The molecule has 6 rings (SSSR count). The van der Waals surface area contributed by atoms with Gasteiger partial charge < -0.3 is 54.4 Å². The Labute approximate surface area is 331 Å². The number of hydrogen-bond acceptors (Lipinski definition) is 16. The summed E-state index contributed by atoms with van der Waals surface area (Å²) in [6.07, 6.45) is -1.35. The molecule has 1 aliphatic rings. The summed E-state index contributed by atoms with van der Waals surface area (Å²) in [4.78, 5) is 32.1. The molecule has 0 radical (unpaired) electrons. The number of anilines is 5. The fourth-order valence-corrected chi connectivity index (χ4v) is 5.97. The van der Waals surface area contributed by atoms with Gasteiger partial charge in [-0.1, -0.05) is 30.3 Å². The number of rotatable bonds is 18. The zero-order valence-electron chi connectivity index (χ0n) is 33.1. The van der Waals surface area contributed by atoms with Crippen LogP contribution in [-0.2, 0) is 27.3 Å². The van der Waals surface area contributed by atoms with Crippen molar-refractivity contribution in [3.8, 4) is 23.0 Å². The van der Waals surface area contributed by atoms with Gasteiger partial charge >= 0.3 is 6.09 Å². The first kappa shape index (κ1) is 40.3. The molecule has 3 aromatic carbocycles. The van der Waals surface area contributed by atoms with Crippen molar-refractivity contribution in [2.24, 2.45) is 0 Å². The number of para-hydroxylation sites is 1. The summed E-state index contributed by atoms with van der Waals surface area (Å²) in [5.41, 5.74) is 3.32. The zero-order chi connectivity index (χ0) is 40.4. The van der Waals surface area contributed by atoms with Crippen LogP contribution in [0.3, 0.4) is 0 Å². The maximum atomic E-state index is 12.6. The van der Waals surface area contributed by atoms with Gasteiger partial charge in [-0.05, 0) is 68.3 Å². The van der Waals surface area contributed by atoms with Gasteiger partial charge in [-0.25, -0.2) is 14.8 Å². The van der Waals surface area contributed by atoms with E-state index in [4.69, 9.17) is 53.1 Å². The molecular weight excluding hydrogens is 734 g/mol. The molecule has 1 amide bonds. The molecule has 0 saturated carbocycles. The Balaban J connectivity index is 1.32. The van der Waals surface area contributed by atoms with E-state index in [-0.39, 0.29) is 18.6 Å². The second-order valence-corrected chi connectivity index (χ2v) is 13.5. The fraction of sp³-hybridized carbons (Fsp3) is 0.375. The van der Waals surface area contributed by atoms with Crippen molar-refractivity contribution in [1.82, 2.24) is 19.9 Å². The van der Waals surface area contributed by atoms with E-state index in [1.807, 2.05) is 68.4 Å². The number of carbonyl (C=O) groups is 1. The molecule has 1 fully saturated rings. The Morgan fingerprint density at radius 2 is 1.28 bits per heavy atom. The number of carbonyl (C=O) groups excluding carboxylic acids is 1. The lowest BCUT2D eigenvalue weighted by Gasteiger charge is -2.19. The minimum Gasteiger partial charge on any atom is -0.493 e. The quantitative estimate of drug-likeness (QED) is 0.0665. The third-order valence-electron chi connectivity index (χ3n) is 8.79. The maximum Gasteiger partial charge on any atom is 0.411 e. The lowest BCUT2D eigenvalue weighted by molar-refractivity contribution is -0.136. The van der Waals surface area contributed by atoms with Crippen LogP contribution in [0, 0.1) is 0 Å². The smallest absolute Gasteiger partial charge is 0.411 e. The highest BCUT2D eigenvalue weighted by Gasteiger charge is 2.32. The van der Waals surface area contributed by atoms with E-state index in [9.17, 15) is 4.79 Å². The molecule has 2 aromatic heterocycles. The Bertz CT molecular complexity index is 2140. The molecule has 17 heteroatoms. The van der Waals surface area contributed by atoms with Crippen molar-refractivity contribution in [2.75, 3.05) is 74.7 Å². The molecule has 2 atom stereocenters. The second-order valence-electron chi connectivity index (χ2n) is 13.5. The van der Waals surface area contributed by atoms with Gasteiger partial charge in [-0.3, -0.25) is 5.32 Å². The topological polar surface area (TPSA) is 193 Å². The summed E-state index contributed by atoms with van der Waals surface area (Å²) in [6, 6.07) is 20.4. The number of ether oxygens (including phenoxy) is 7. The fourth-order valence-electron chi connectivity index (χ4n) is 5.97. The van der Waals surface area contributed by atoms with Gasteiger partial charge in [-0.2, -0.15) is 9.97 Å². The summed E-state index contributed by atoms with van der Waals surface area (Å²) in [5.74, 6) is 3.18. The number of methoxy groups -OCH3 is 4. The number of aromatic nitrogens is 4. The number of nitrogens with zero attached hydrogens (tertiary/aromatic N) is 4. The van der Waals surface area contributed by atoms with Crippen LogP contribution >= 0.6 is 0 Å². The van der Waals surface area contributed by atoms with Crippen molar-refractivity contribution >= 4 is 46.3 Å². The van der Waals surface area contributed by atoms with Gasteiger partial charge in [0.25, 0.3) is 0 Å². The highest BCUT2D eigenvalue weighted by Crippen LogP contribution is 2.32. The van der Waals surface area contributed by atoms with Crippen molar-refractivity contribution in [2.45, 2.75) is 51.9 Å². The molecular formula is C40H49N9O8. The van der Waals surface area contributed by atoms with Crippen LogP contribution in [0.2, 0.25) is 0 Å². The lowest BCUT2D eigenvalue weighted by atomic mass is 10.2. The molecule has 3 heterocycles. The van der Waals surface area contributed by atoms with Crippen LogP contribution in [-0.4, -0.2) is 92.2 Å². The highest BCUT2D eigenvalue weighted by atomic mass is 16.7. The minimum absolute atomic E-state index is 0.206. The number of fused-ring (bicyclic) bond motifs is 1. The van der Waals surface area contributed by atoms with Gasteiger partial charge in [0.2, 0.25) is 11.9 Å². The Morgan fingerprint density at radius 1 is 0.737 bits per heavy atom. The number of benzene rings is 3. The molecule has 1 aliphatic heterocycles. The third-order valence-corrected chi connectivity index (χ3v) is 8.79. The van der Waals surface area contributed by atoms with Crippen molar-refractivity contribution < 1.29 is 38.0 Å². The van der Waals surface area contributed by atoms with E-state index in [1.54, 1.807) is 47.5 Å². The summed E-state index contributed by atoms with van der Waals surface area (Å²) >= 11 is 0. The van der Waals surface area contributed by atoms with E-state index in [1.165, 1.54) is 0 Å². The molecule has 0 bridgehead atoms. The SMILES string of the molecule is COc1ccc(CNc2nc(NCC3COC(C)(C)O3)nc3c(NCc4ccc(OC)c(OC)c4)nc(NCC(C)OC(=O)Nc4ccccc4)nc23)cc1OC. The van der Waals surface area contributed by atoms with Crippen LogP contribution in [0.5, 0.6) is 23.0 Å². The van der Waals surface area contributed by atoms with Crippen LogP contribution in [0.15, 0.2) is 66.7 Å². The Hall–Kier alpha value is -6.33. The molecule has 0 spiro atoms. The largest absolute Gasteiger partial charge is 0.493 e. The maximum absolute atomic E-state index is 12.6. The molecule has 302 valence electrons. The summed E-state index contributed by atoms with van der Waals surface area (Å²) in [6.45, 7) is 7.27. The van der Waals surface area contributed by atoms with Crippen molar-refractivity contribution in [1.29, 1.82) is 0 Å². The molecule has 5 aromatic rings. The number of nitrogens with one attached hydrogen (secondary N) is 5. The van der Waals surface area contributed by atoms with E-state index in [0.29, 0.717) is 83.5 Å².